The molecule has 6 nitrogen and oxygen atoms in total. The summed E-state index contributed by atoms with van der Waals surface area (Å²) in [5.74, 6) is -1.32. The number of hydrogen-bond donors (Lipinski definition) is 1. The first-order chi connectivity index (χ1) is 10.6. The number of halogens is 3. The molecule has 0 atom stereocenters. The molecule has 1 fully saturated rings. The lowest BCUT2D eigenvalue weighted by molar-refractivity contribution is -0.274. The Hall–Kier alpha value is -1.81. The fraction of sp³-hybridized carbons (Fsp3) is 0.462. The normalized spacial score (nSPS) is 17.9. The quantitative estimate of drug-likeness (QED) is 0.889. The van der Waals surface area contributed by atoms with Crippen molar-refractivity contribution in [1.29, 1.82) is 0 Å². The van der Waals surface area contributed by atoms with Gasteiger partial charge < -0.3 is 10.5 Å². The summed E-state index contributed by atoms with van der Waals surface area (Å²) in [5, 5.41) is 0. The van der Waals surface area contributed by atoms with Crippen LogP contribution in [0.2, 0.25) is 0 Å². The van der Waals surface area contributed by atoms with E-state index >= 15 is 0 Å². The molecule has 1 aromatic rings. The van der Waals surface area contributed by atoms with E-state index in [-0.39, 0.29) is 23.9 Å². The van der Waals surface area contributed by atoms with Crippen molar-refractivity contribution in [3.8, 4) is 5.75 Å². The van der Waals surface area contributed by atoms with Gasteiger partial charge in [-0.05, 0) is 37.1 Å². The summed E-state index contributed by atoms with van der Waals surface area (Å²) < 4.78 is 65.9. The molecule has 0 spiro atoms. The number of sulfonamides is 1. The third-order valence-electron chi connectivity index (χ3n) is 3.55. The first kappa shape index (κ1) is 17.5. The number of piperidine rings is 1. The molecule has 1 saturated heterocycles. The third-order valence-corrected chi connectivity index (χ3v) is 5.46. The minimum absolute atomic E-state index is 0.135. The molecule has 10 heteroatoms. The average molecular weight is 352 g/mol. The number of nitrogens with zero attached hydrogens (tertiary/aromatic N) is 1. The Morgan fingerprint density at radius 2 is 1.70 bits per heavy atom. The number of ether oxygens (including phenoxy) is 1. The van der Waals surface area contributed by atoms with Crippen molar-refractivity contribution in [2.24, 2.45) is 11.7 Å². The van der Waals surface area contributed by atoms with Gasteiger partial charge in [-0.15, -0.1) is 13.2 Å². The standard InChI is InChI=1S/C13H15F3N2O4S/c14-13(15,16)22-10-1-3-11(4-2-10)23(20,21)18-7-5-9(6-8-18)12(17)19/h1-4,9H,5-8H2,(H2,17,19). The summed E-state index contributed by atoms with van der Waals surface area (Å²) in [4.78, 5) is 10.9. The number of carbonyl (C=O) groups is 1. The van der Waals surface area contributed by atoms with Crippen molar-refractivity contribution in [2.45, 2.75) is 24.1 Å². The average Bonchev–Trinajstić information content (AvgIpc) is 2.46. The summed E-state index contributed by atoms with van der Waals surface area (Å²) in [5.41, 5.74) is 5.19. The van der Waals surface area contributed by atoms with Crippen molar-refractivity contribution >= 4 is 15.9 Å². The van der Waals surface area contributed by atoms with E-state index in [0.29, 0.717) is 12.8 Å². The molecule has 23 heavy (non-hydrogen) atoms. The molecule has 0 unspecified atom stereocenters. The zero-order valence-electron chi connectivity index (χ0n) is 11.9. The lowest BCUT2D eigenvalue weighted by Gasteiger charge is -2.29. The number of amides is 1. The number of rotatable bonds is 4. The van der Waals surface area contributed by atoms with Crippen LogP contribution in [0.15, 0.2) is 29.2 Å². The minimum atomic E-state index is -4.84. The first-order valence-corrected chi connectivity index (χ1v) is 8.19. The highest BCUT2D eigenvalue weighted by atomic mass is 32.2. The lowest BCUT2D eigenvalue weighted by atomic mass is 9.98. The monoisotopic (exact) mass is 352 g/mol. The van der Waals surface area contributed by atoms with E-state index in [4.69, 9.17) is 5.73 Å². The topological polar surface area (TPSA) is 89.7 Å². The second-order valence-corrected chi connectivity index (χ2v) is 7.04. The van der Waals surface area contributed by atoms with E-state index in [9.17, 15) is 26.4 Å². The van der Waals surface area contributed by atoms with Gasteiger partial charge in [0.1, 0.15) is 5.75 Å². The third kappa shape index (κ3) is 4.35. The van der Waals surface area contributed by atoms with Gasteiger partial charge in [0.2, 0.25) is 15.9 Å². The fourth-order valence-electron chi connectivity index (χ4n) is 2.34. The van der Waals surface area contributed by atoms with Gasteiger partial charge in [0.05, 0.1) is 4.90 Å². The van der Waals surface area contributed by atoms with Gasteiger partial charge in [0.25, 0.3) is 0 Å². The molecule has 1 heterocycles. The van der Waals surface area contributed by atoms with Crippen LogP contribution in [-0.2, 0) is 14.8 Å². The van der Waals surface area contributed by atoms with Gasteiger partial charge in [-0.25, -0.2) is 8.42 Å². The van der Waals surface area contributed by atoms with Crippen LogP contribution in [0.3, 0.4) is 0 Å². The molecular formula is C13H15F3N2O4S. The van der Waals surface area contributed by atoms with Crippen LogP contribution in [-0.4, -0.2) is 38.1 Å². The molecule has 1 aromatic carbocycles. The van der Waals surface area contributed by atoms with Crippen LogP contribution in [0.1, 0.15) is 12.8 Å². The maximum Gasteiger partial charge on any atom is 0.573 e. The summed E-state index contributed by atoms with van der Waals surface area (Å²) in [7, 11) is -3.83. The summed E-state index contributed by atoms with van der Waals surface area (Å²) in [6.07, 6.45) is -4.19. The Kier molecular flexibility index (Phi) is 4.85. The summed E-state index contributed by atoms with van der Waals surface area (Å²) in [6, 6.07) is 3.99. The second-order valence-electron chi connectivity index (χ2n) is 5.10. The van der Waals surface area contributed by atoms with E-state index in [2.05, 4.69) is 4.74 Å². The van der Waals surface area contributed by atoms with Crippen molar-refractivity contribution in [1.82, 2.24) is 4.31 Å². The van der Waals surface area contributed by atoms with Gasteiger partial charge in [0.15, 0.2) is 0 Å². The molecule has 0 bridgehead atoms. The van der Waals surface area contributed by atoms with Crippen LogP contribution in [0.5, 0.6) is 5.75 Å². The van der Waals surface area contributed by atoms with Gasteiger partial charge in [-0.2, -0.15) is 4.31 Å². The van der Waals surface area contributed by atoms with Crippen molar-refractivity contribution < 1.29 is 31.1 Å². The highest BCUT2D eigenvalue weighted by molar-refractivity contribution is 7.89. The molecule has 1 amide bonds. The molecule has 0 aliphatic carbocycles. The predicted molar refractivity (Wildman–Crippen MR) is 73.8 cm³/mol. The van der Waals surface area contributed by atoms with Gasteiger partial charge >= 0.3 is 6.36 Å². The van der Waals surface area contributed by atoms with E-state index < -0.39 is 28.0 Å². The maximum atomic E-state index is 12.4. The fourth-order valence-corrected chi connectivity index (χ4v) is 3.81. The zero-order valence-corrected chi connectivity index (χ0v) is 12.7. The number of nitrogens with two attached hydrogens (primary N) is 1. The Balaban J connectivity index is 2.10. The molecule has 128 valence electrons. The van der Waals surface area contributed by atoms with E-state index in [0.717, 1.165) is 24.3 Å². The minimum Gasteiger partial charge on any atom is -0.406 e. The van der Waals surface area contributed by atoms with Crippen LogP contribution in [0.4, 0.5) is 13.2 Å². The van der Waals surface area contributed by atoms with E-state index in [1.54, 1.807) is 0 Å². The molecule has 2 rings (SSSR count). The number of carbonyl (C=O) groups excluding carboxylic acids is 1. The Bertz CT molecular complexity index is 665. The van der Waals surface area contributed by atoms with Crippen LogP contribution >= 0.6 is 0 Å². The molecule has 0 radical (unpaired) electrons. The number of hydrogen-bond acceptors (Lipinski definition) is 4. The van der Waals surface area contributed by atoms with E-state index in [1.165, 1.54) is 4.31 Å². The number of benzene rings is 1. The first-order valence-electron chi connectivity index (χ1n) is 6.75. The van der Waals surface area contributed by atoms with Crippen LogP contribution in [0, 0.1) is 5.92 Å². The number of primary amides is 1. The van der Waals surface area contributed by atoms with Gasteiger partial charge in [0, 0.05) is 19.0 Å². The van der Waals surface area contributed by atoms with Crippen molar-refractivity contribution in [3.63, 3.8) is 0 Å². The summed E-state index contributed by atoms with van der Waals surface area (Å²) in [6.45, 7) is 0.271. The smallest absolute Gasteiger partial charge is 0.406 e. The highest BCUT2D eigenvalue weighted by Gasteiger charge is 2.33. The Morgan fingerprint density at radius 3 is 2.13 bits per heavy atom. The van der Waals surface area contributed by atoms with Crippen LogP contribution in [0.25, 0.3) is 0 Å². The summed E-state index contributed by atoms with van der Waals surface area (Å²) >= 11 is 0. The zero-order chi connectivity index (χ0) is 17.3. The SMILES string of the molecule is NC(=O)C1CCN(S(=O)(=O)c2ccc(OC(F)(F)F)cc2)CC1. The molecular weight excluding hydrogens is 337 g/mol. The largest absolute Gasteiger partial charge is 0.573 e. The lowest BCUT2D eigenvalue weighted by Crippen LogP contribution is -2.41. The molecule has 1 aliphatic rings. The molecule has 0 saturated carbocycles. The van der Waals surface area contributed by atoms with Gasteiger partial charge in [-0.1, -0.05) is 0 Å². The van der Waals surface area contributed by atoms with Crippen molar-refractivity contribution in [3.05, 3.63) is 24.3 Å². The predicted octanol–water partition coefficient (Wildman–Crippen LogP) is 1.47. The van der Waals surface area contributed by atoms with E-state index in [1.807, 2.05) is 0 Å². The van der Waals surface area contributed by atoms with Crippen LogP contribution < -0.4 is 10.5 Å². The Labute approximate surface area is 131 Å². The second kappa shape index (κ2) is 6.36. The highest BCUT2D eigenvalue weighted by Crippen LogP contribution is 2.27. The molecule has 0 aromatic heterocycles. The molecule has 2 N–H and O–H groups in total. The van der Waals surface area contributed by atoms with Gasteiger partial charge in [-0.3, -0.25) is 4.79 Å². The maximum absolute atomic E-state index is 12.4. The molecule has 1 aliphatic heterocycles. The number of alkyl halides is 3. The van der Waals surface area contributed by atoms with Crippen molar-refractivity contribution in [2.75, 3.05) is 13.1 Å². The Morgan fingerprint density at radius 1 is 1.17 bits per heavy atom.